The molecule has 0 aliphatic heterocycles. The van der Waals surface area contributed by atoms with Gasteiger partial charge in [-0.15, -0.1) is 11.8 Å². The fourth-order valence-electron chi connectivity index (χ4n) is 1.13. The molecular weight excluding hydrogens is 200 g/mol. The summed E-state index contributed by atoms with van der Waals surface area (Å²) in [4.78, 5) is 14.3. The van der Waals surface area contributed by atoms with Crippen molar-refractivity contribution in [3.8, 4) is 6.07 Å². The zero-order valence-electron chi connectivity index (χ0n) is 7.11. The molecule has 0 atom stereocenters. The molecule has 0 radical (unpaired) electrons. The lowest BCUT2D eigenvalue weighted by Crippen LogP contribution is -1.92. The van der Waals surface area contributed by atoms with Crippen LogP contribution in [0.2, 0.25) is 0 Å². The average molecular weight is 206 g/mol. The summed E-state index contributed by atoms with van der Waals surface area (Å²) < 4.78 is 4.88. The van der Waals surface area contributed by atoms with Gasteiger partial charge in [0.25, 0.3) is 0 Å². The molecule has 0 saturated carbocycles. The molecule has 2 aromatic rings. The molecule has 0 saturated heterocycles. The number of nitrogens with one attached hydrogen (secondary N) is 1. The van der Waals surface area contributed by atoms with Crippen molar-refractivity contribution in [1.82, 2.24) is 4.98 Å². The minimum atomic E-state index is -0.456. The van der Waals surface area contributed by atoms with E-state index in [4.69, 9.17) is 9.68 Å². The van der Waals surface area contributed by atoms with E-state index in [0.29, 0.717) is 16.9 Å². The van der Waals surface area contributed by atoms with Crippen LogP contribution < -0.4 is 5.76 Å². The van der Waals surface area contributed by atoms with Gasteiger partial charge in [-0.1, -0.05) is 0 Å². The zero-order chi connectivity index (χ0) is 9.97. The molecule has 0 aliphatic rings. The maximum absolute atomic E-state index is 10.8. The van der Waals surface area contributed by atoms with Gasteiger partial charge in [0.1, 0.15) is 0 Å². The summed E-state index contributed by atoms with van der Waals surface area (Å²) >= 11 is 1.41. The molecule has 1 aromatic carbocycles. The van der Waals surface area contributed by atoms with Crippen LogP contribution in [0.25, 0.3) is 11.1 Å². The van der Waals surface area contributed by atoms with Crippen molar-refractivity contribution in [3.63, 3.8) is 0 Å². The normalized spacial score (nSPS) is 10.2. The molecule has 2 rings (SSSR count). The number of nitriles is 1. The summed E-state index contributed by atoms with van der Waals surface area (Å²) in [7, 11) is 0. The maximum Gasteiger partial charge on any atom is 0.417 e. The lowest BCUT2D eigenvalue weighted by molar-refractivity contribution is 0.555. The molecule has 0 fully saturated rings. The summed E-state index contributed by atoms with van der Waals surface area (Å²) in [5, 5.41) is 8.39. The van der Waals surface area contributed by atoms with Crippen LogP contribution in [0.1, 0.15) is 0 Å². The average Bonchev–Trinajstić information content (AvgIpc) is 2.54. The highest BCUT2D eigenvalue weighted by atomic mass is 32.2. The minimum Gasteiger partial charge on any atom is -0.408 e. The number of hydrogen-bond acceptors (Lipinski definition) is 4. The van der Waals surface area contributed by atoms with E-state index in [9.17, 15) is 4.79 Å². The summed E-state index contributed by atoms with van der Waals surface area (Å²) in [5.74, 6) is -0.0670. The van der Waals surface area contributed by atoms with E-state index in [2.05, 4.69) is 4.98 Å². The molecule has 1 N–H and O–H groups in total. The molecular formula is C9H6N2O2S. The number of aromatic nitrogens is 1. The van der Waals surface area contributed by atoms with Gasteiger partial charge in [0.15, 0.2) is 5.58 Å². The molecule has 0 amide bonds. The van der Waals surface area contributed by atoms with Crippen molar-refractivity contribution in [2.75, 3.05) is 5.75 Å². The van der Waals surface area contributed by atoms with Crippen LogP contribution in [-0.2, 0) is 0 Å². The second-order valence-corrected chi connectivity index (χ2v) is 3.67. The third kappa shape index (κ3) is 1.65. The number of rotatable bonds is 2. The molecule has 14 heavy (non-hydrogen) atoms. The maximum atomic E-state index is 10.8. The van der Waals surface area contributed by atoms with Gasteiger partial charge in [0.05, 0.1) is 17.3 Å². The van der Waals surface area contributed by atoms with Gasteiger partial charge in [-0.25, -0.2) is 4.79 Å². The highest BCUT2D eigenvalue weighted by Crippen LogP contribution is 2.21. The van der Waals surface area contributed by atoms with E-state index in [-0.39, 0.29) is 0 Å². The van der Waals surface area contributed by atoms with E-state index in [0.717, 1.165) is 4.90 Å². The van der Waals surface area contributed by atoms with Crippen molar-refractivity contribution in [2.24, 2.45) is 0 Å². The fourth-order valence-corrected chi connectivity index (χ4v) is 1.72. The molecule has 0 spiro atoms. The first kappa shape index (κ1) is 8.91. The summed E-state index contributed by atoms with van der Waals surface area (Å²) in [6.07, 6.45) is 0. The van der Waals surface area contributed by atoms with Crippen LogP contribution >= 0.6 is 11.8 Å². The largest absolute Gasteiger partial charge is 0.417 e. The molecule has 0 bridgehead atoms. The molecule has 5 heteroatoms. The Morgan fingerprint density at radius 3 is 3.21 bits per heavy atom. The zero-order valence-corrected chi connectivity index (χ0v) is 7.93. The van der Waals surface area contributed by atoms with Crippen molar-refractivity contribution in [3.05, 3.63) is 28.7 Å². The Morgan fingerprint density at radius 1 is 1.57 bits per heavy atom. The Kier molecular flexibility index (Phi) is 2.29. The van der Waals surface area contributed by atoms with E-state index < -0.39 is 5.76 Å². The lowest BCUT2D eigenvalue weighted by atomic mass is 10.3. The topological polar surface area (TPSA) is 69.8 Å². The molecule has 70 valence electrons. The smallest absolute Gasteiger partial charge is 0.408 e. The molecule has 0 unspecified atom stereocenters. The number of benzene rings is 1. The van der Waals surface area contributed by atoms with Crippen molar-refractivity contribution in [1.29, 1.82) is 5.26 Å². The molecule has 1 aromatic heterocycles. The highest BCUT2D eigenvalue weighted by molar-refractivity contribution is 7.99. The van der Waals surface area contributed by atoms with Crippen LogP contribution in [-0.4, -0.2) is 10.7 Å². The number of H-pyrrole nitrogens is 1. The second-order valence-electron chi connectivity index (χ2n) is 2.62. The van der Waals surface area contributed by atoms with Gasteiger partial charge >= 0.3 is 5.76 Å². The Labute approximate surface area is 83.5 Å². The summed E-state index contributed by atoms with van der Waals surface area (Å²) in [6, 6.07) is 7.38. The number of aromatic amines is 1. The van der Waals surface area contributed by atoms with Gasteiger partial charge in [0, 0.05) is 4.90 Å². The number of oxazole rings is 1. The van der Waals surface area contributed by atoms with Crippen LogP contribution in [0.3, 0.4) is 0 Å². The van der Waals surface area contributed by atoms with Crippen molar-refractivity contribution >= 4 is 22.9 Å². The first-order valence-corrected chi connectivity index (χ1v) is 4.91. The SMILES string of the molecule is N#CCSc1ccc2[nH]c(=O)oc2c1. The quantitative estimate of drug-likeness (QED) is 0.760. The Morgan fingerprint density at radius 2 is 2.43 bits per heavy atom. The standard InChI is InChI=1S/C9H6N2O2S/c10-3-4-14-6-1-2-7-8(5-6)13-9(12)11-7/h1-2,5H,4H2,(H,11,12). The van der Waals surface area contributed by atoms with E-state index in [1.807, 2.05) is 12.1 Å². The minimum absolute atomic E-state index is 0.389. The molecule has 1 heterocycles. The van der Waals surface area contributed by atoms with Crippen LogP contribution in [0.15, 0.2) is 32.3 Å². The van der Waals surface area contributed by atoms with Gasteiger partial charge in [-0.05, 0) is 18.2 Å². The van der Waals surface area contributed by atoms with E-state index in [1.54, 1.807) is 12.1 Å². The first-order chi connectivity index (χ1) is 6.79. The van der Waals surface area contributed by atoms with Crippen LogP contribution in [0, 0.1) is 11.3 Å². The third-order valence-corrected chi connectivity index (χ3v) is 2.56. The third-order valence-electron chi connectivity index (χ3n) is 1.70. The predicted octanol–water partition coefficient (Wildman–Crippen LogP) is 1.74. The second kappa shape index (κ2) is 3.60. The number of hydrogen-bond donors (Lipinski definition) is 1. The fraction of sp³-hybridized carbons (Fsp3) is 0.111. The monoisotopic (exact) mass is 206 g/mol. The van der Waals surface area contributed by atoms with E-state index in [1.165, 1.54) is 11.8 Å². The molecule has 0 aliphatic carbocycles. The Hall–Kier alpha value is -1.67. The predicted molar refractivity (Wildman–Crippen MR) is 53.2 cm³/mol. The first-order valence-electron chi connectivity index (χ1n) is 3.92. The number of thioether (sulfide) groups is 1. The number of nitrogens with zero attached hydrogens (tertiary/aromatic N) is 1. The van der Waals surface area contributed by atoms with Crippen LogP contribution in [0.5, 0.6) is 0 Å². The van der Waals surface area contributed by atoms with Gasteiger partial charge in [0.2, 0.25) is 0 Å². The van der Waals surface area contributed by atoms with Gasteiger partial charge in [-0.2, -0.15) is 5.26 Å². The van der Waals surface area contributed by atoms with Crippen molar-refractivity contribution in [2.45, 2.75) is 4.90 Å². The summed E-state index contributed by atoms with van der Waals surface area (Å²) in [5.41, 5.74) is 1.20. The van der Waals surface area contributed by atoms with Gasteiger partial charge in [-0.3, -0.25) is 4.98 Å². The summed E-state index contributed by atoms with van der Waals surface area (Å²) in [6.45, 7) is 0. The highest BCUT2D eigenvalue weighted by Gasteiger charge is 2.01. The van der Waals surface area contributed by atoms with Gasteiger partial charge < -0.3 is 4.42 Å². The van der Waals surface area contributed by atoms with Crippen LogP contribution in [0.4, 0.5) is 0 Å². The van der Waals surface area contributed by atoms with E-state index >= 15 is 0 Å². The number of fused-ring (bicyclic) bond motifs is 1. The lowest BCUT2D eigenvalue weighted by Gasteiger charge is -1.94. The van der Waals surface area contributed by atoms with Crippen molar-refractivity contribution < 1.29 is 4.42 Å². The molecule has 4 nitrogen and oxygen atoms in total. The Bertz CT molecular complexity index is 550. The Balaban J connectivity index is 2.41.